The standard InChI is InChI=1S/C7H4ClN3O/c8-6-2-9-7-5(4-12)1-10-11(7)3-6/h1-4H. The first-order valence-corrected chi connectivity index (χ1v) is 3.63. The van der Waals surface area contributed by atoms with Crippen molar-refractivity contribution in [2.45, 2.75) is 0 Å². The number of fused-ring (bicyclic) bond motifs is 1. The molecule has 5 heteroatoms. The van der Waals surface area contributed by atoms with Crippen LogP contribution >= 0.6 is 11.6 Å². The van der Waals surface area contributed by atoms with Crippen molar-refractivity contribution in [3.05, 3.63) is 29.2 Å². The summed E-state index contributed by atoms with van der Waals surface area (Å²) in [6.45, 7) is 0. The second-order valence-electron chi connectivity index (χ2n) is 2.26. The summed E-state index contributed by atoms with van der Waals surface area (Å²) in [6, 6.07) is 0. The van der Waals surface area contributed by atoms with E-state index in [1.807, 2.05) is 0 Å². The molecule has 2 heterocycles. The number of carbonyl (C=O) groups is 1. The first kappa shape index (κ1) is 7.24. The van der Waals surface area contributed by atoms with Crippen molar-refractivity contribution in [1.29, 1.82) is 0 Å². The molecule has 0 radical (unpaired) electrons. The first-order valence-electron chi connectivity index (χ1n) is 3.25. The zero-order valence-electron chi connectivity index (χ0n) is 5.94. The van der Waals surface area contributed by atoms with Gasteiger partial charge >= 0.3 is 0 Å². The monoisotopic (exact) mass is 181 g/mol. The number of aldehydes is 1. The van der Waals surface area contributed by atoms with Crippen molar-refractivity contribution in [3.63, 3.8) is 0 Å². The number of nitrogens with zero attached hydrogens (tertiary/aromatic N) is 3. The zero-order chi connectivity index (χ0) is 8.55. The van der Waals surface area contributed by atoms with Gasteiger partial charge in [0.05, 0.1) is 23.0 Å². The van der Waals surface area contributed by atoms with Crippen molar-refractivity contribution in [3.8, 4) is 0 Å². The molecule has 12 heavy (non-hydrogen) atoms. The molecular weight excluding hydrogens is 178 g/mol. The van der Waals surface area contributed by atoms with Crippen molar-refractivity contribution >= 4 is 23.5 Å². The van der Waals surface area contributed by atoms with Gasteiger partial charge in [-0.1, -0.05) is 11.6 Å². The average Bonchev–Trinajstić information content (AvgIpc) is 2.46. The molecule has 0 bridgehead atoms. The van der Waals surface area contributed by atoms with Gasteiger partial charge in [-0.05, 0) is 0 Å². The molecular formula is C7H4ClN3O. The smallest absolute Gasteiger partial charge is 0.165 e. The van der Waals surface area contributed by atoms with Gasteiger partial charge in [0.1, 0.15) is 0 Å². The molecule has 0 unspecified atom stereocenters. The van der Waals surface area contributed by atoms with E-state index in [0.29, 0.717) is 22.5 Å². The highest BCUT2D eigenvalue weighted by Gasteiger charge is 2.03. The fraction of sp³-hybridized carbons (Fsp3) is 0. The van der Waals surface area contributed by atoms with Crippen molar-refractivity contribution in [2.75, 3.05) is 0 Å². The summed E-state index contributed by atoms with van der Waals surface area (Å²) in [5, 5.41) is 4.38. The molecule has 0 saturated heterocycles. The van der Waals surface area contributed by atoms with Crippen LogP contribution in [0.15, 0.2) is 18.6 Å². The lowest BCUT2D eigenvalue weighted by molar-refractivity contribution is 0.112. The van der Waals surface area contributed by atoms with Gasteiger partial charge in [0.25, 0.3) is 0 Å². The van der Waals surface area contributed by atoms with E-state index >= 15 is 0 Å². The molecule has 0 aliphatic rings. The molecule has 0 N–H and O–H groups in total. The summed E-state index contributed by atoms with van der Waals surface area (Å²) in [6.07, 6.45) is 5.23. The van der Waals surface area contributed by atoms with E-state index in [2.05, 4.69) is 10.1 Å². The summed E-state index contributed by atoms with van der Waals surface area (Å²) in [5.41, 5.74) is 0.987. The van der Waals surface area contributed by atoms with E-state index in [9.17, 15) is 4.79 Å². The Hall–Kier alpha value is -1.42. The van der Waals surface area contributed by atoms with Crippen LogP contribution in [-0.4, -0.2) is 20.9 Å². The predicted molar refractivity (Wildman–Crippen MR) is 43.4 cm³/mol. The van der Waals surface area contributed by atoms with Crippen LogP contribution in [0.3, 0.4) is 0 Å². The third kappa shape index (κ3) is 0.967. The van der Waals surface area contributed by atoms with Gasteiger partial charge in [-0.15, -0.1) is 0 Å². The van der Waals surface area contributed by atoms with E-state index in [4.69, 9.17) is 11.6 Å². The lowest BCUT2D eigenvalue weighted by atomic mass is 10.4. The van der Waals surface area contributed by atoms with Gasteiger partial charge in [-0.2, -0.15) is 5.10 Å². The molecule has 0 aromatic carbocycles. The Morgan fingerprint density at radius 1 is 1.50 bits per heavy atom. The molecule has 0 aliphatic heterocycles. The van der Waals surface area contributed by atoms with Gasteiger partial charge in [-0.3, -0.25) is 4.79 Å². The predicted octanol–water partition coefficient (Wildman–Crippen LogP) is 1.20. The second kappa shape index (κ2) is 2.57. The minimum atomic E-state index is 0.465. The number of hydrogen-bond donors (Lipinski definition) is 0. The highest BCUT2D eigenvalue weighted by Crippen LogP contribution is 2.09. The largest absolute Gasteiger partial charge is 0.298 e. The third-order valence-corrected chi connectivity index (χ3v) is 1.67. The molecule has 0 spiro atoms. The van der Waals surface area contributed by atoms with E-state index in [1.54, 1.807) is 6.20 Å². The number of aromatic nitrogens is 3. The van der Waals surface area contributed by atoms with E-state index < -0.39 is 0 Å². The second-order valence-corrected chi connectivity index (χ2v) is 2.69. The van der Waals surface area contributed by atoms with E-state index in [-0.39, 0.29) is 0 Å². The molecule has 2 rings (SSSR count). The first-order chi connectivity index (χ1) is 5.81. The Bertz CT molecular complexity index is 437. The SMILES string of the molecule is O=Cc1cnn2cc(Cl)cnc12. The van der Waals surface area contributed by atoms with Crippen LogP contribution in [0.1, 0.15) is 10.4 Å². The van der Waals surface area contributed by atoms with Crippen LogP contribution in [0.2, 0.25) is 5.02 Å². The fourth-order valence-electron chi connectivity index (χ4n) is 0.953. The molecule has 0 amide bonds. The Labute approximate surface area is 72.8 Å². The number of carbonyl (C=O) groups excluding carboxylic acids is 1. The Balaban J connectivity index is 2.81. The topological polar surface area (TPSA) is 47.3 Å². The van der Waals surface area contributed by atoms with Crippen molar-refractivity contribution < 1.29 is 4.79 Å². The normalized spacial score (nSPS) is 10.4. The quantitative estimate of drug-likeness (QED) is 0.621. The fourth-order valence-corrected chi connectivity index (χ4v) is 1.09. The van der Waals surface area contributed by atoms with Crippen LogP contribution in [-0.2, 0) is 0 Å². The molecule has 0 aliphatic carbocycles. The van der Waals surface area contributed by atoms with E-state index in [1.165, 1.54) is 16.9 Å². The molecule has 0 fully saturated rings. The maximum Gasteiger partial charge on any atom is 0.165 e. The van der Waals surface area contributed by atoms with Gasteiger partial charge < -0.3 is 0 Å². The van der Waals surface area contributed by atoms with Crippen LogP contribution in [0.5, 0.6) is 0 Å². The van der Waals surface area contributed by atoms with E-state index in [0.717, 1.165) is 0 Å². The molecule has 2 aromatic rings. The highest BCUT2D eigenvalue weighted by molar-refractivity contribution is 6.30. The lowest BCUT2D eigenvalue weighted by Gasteiger charge is -1.91. The van der Waals surface area contributed by atoms with Crippen molar-refractivity contribution in [1.82, 2.24) is 14.6 Å². The Morgan fingerprint density at radius 3 is 3.08 bits per heavy atom. The summed E-state index contributed by atoms with van der Waals surface area (Å²) < 4.78 is 1.46. The molecule has 0 atom stereocenters. The van der Waals surface area contributed by atoms with Crippen LogP contribution in [0.25, 0.3) is 5.65 Å². The summed E-state index contributed by atoms with van der Waals surface area (Å²) in [5.74, 6) is 0. The summed E-state index contributed by atoms with van der Waals surface area (Å²) >= 11 is 5.66. The van der Waals surface area contributed by atoms with Gasteiger partial charge in [0, 0.05) is 6.20 Å². The highest BCUT2D eigenvalue weighted by atomic mass is 35.5. The summed E-state index contributed by atoms with van der Waals surface area (Å²) in [4.78, 5) is 14.4. The molecule has 2 aromatic heterocycles. The van der Waals surface area contributed by atoms with Gasteiger partial charge in [0.15, 0.2) is 11.9 Å². The minimum absolute atomic E-state index is 0.465. The van der Waals surface area contributed by atoms with Gasteiger partial charge in [0.2, 0.25) is 0 Å². The third-order valence-electron chi connectivity index (χ3n) is 1.48. The maximum atomic E-state index is 10.4. The average molecular weight is 182 g/mol. The van der Waals surface area contributed by atoms with Crippen LogP contribution in [0, 0.1) is 0 Å². The van der Waals surface area contributed by atoms with Crippen LogP contribution < -0.4 is 0 Å². The maximum absolute atomic E-state index is 10.4. The Kier molecular flexibility index (Phi) is 1.55. The van der Waals surface area contributed by atoms with Crippen LogP contribution in [0.4, 0.5) is 0 Å². The lowest BCUT2D eigenvalue weighted by Crippen LogP contribution is -1.89. The molecule has 4 nitrogen and oxygen atoms in total. The number of rotatable bonds is 1. The van der Waals surface area contributed by atoms with Gasteiger partial charge in [-0.25, -0.2) is 9.50 Å². The Morgan fingerprint density at radius 2 is 2.33 bits per heavy atom. The number of hydrogen-bond acceptors (Lipinski definition) is 3. The molecule has 60 valence electrons. The minimum Gasteiger partial charge on any atom is -0.298 e. The van der Waals surface area contributed by atoms with Crippen molar-refractivity contribution in [2.24, 2.45) is 0 Å². The zero-order valence-corrected chi connectivity index (χ0v) is 6.69. The molecule has 0 saturated carbocycles. The number of halogens is 1. The summed E-state index contributed by atoms with van der Waals surface area (Å²) in [7, 11) is 0.